The largest absolute Gasteiger partial charge is 0.458 e. The van der Waals surface area contributed by atoms with Crippen LogP contribution in [0.15, 0.2) is 49.5 Å². The van der Waals surface area contributed by atoms with Crippen LogP contribution in [0.5, 0.6) is 0 Å². The highest BCUT2D eigenvalue weighted by Crippen LogP contribution is 2.31. The zero-order valence-corrected chi connectivity index (χ0v) is 15.2. The molecule has 0 spiro atoms. The molecule has 24 heavy (non-hydrogen) atoms. The number of aryl methyl sites for hydroxylation is 2. The van der Waals surface area contributed by atoms with Crippen molar-refractivity contribution in [2.75, 3.05) is 0 Å². The van der Waals surface area contributed by atoms with Gasteiger partial charge in [-0.15, -0.1) is 14.7 Å². The van der Waals surface area contributed by atoms with Crippen LogP contribution in [0, 0.1) is 13.8 Å². The summed E-state index contributed by atoms with van der Waals surface area (Å²) in [6.45, 7) is 3.81. The topological polar surface area (TPSA) is 84.6 Å². The van der Waals surface area contributed by atoms with Gasteiger partial charge in [-0.1, -0.05) is 22.1 Å². The molecule has 4 aromatic rings. The quantitative estimate of drug-likeness (QED) is 0.417. The molecule has 0 aliphatic carbocycles. The number of halogens is 1. The molecule has 9 heteroatoms. The fourth-order valence-corrected chi connectivity index (χ4v) is 3.54. The van der Waals surface area contributed by atoms with Gasteiger partial charge in [0.05, 0.1) is 5.56 Å². The van der Waals surface area contributed by atoms with Crippen LogP contribution in [0.2, 0.25) is 0 Å². The van der Waals surface area contributed by atoms with Crippen molar-refractivity contribution in [3.63, 3.8) is 0 Å². The van der Waals surface area contributed by atoms with Crippen molar-refractivity contribution in [1.29, 1.82) is 0 Å². The third-order valence-corrected chi connectivity index (χ3v) is 4.81. The van der Waals surface area contributed by atoms with Gasteiger partial charge in [-0.25, -0.2) is 5.10 Å². The molecule has 0 aliphatic heterocycles. The predicted octanol–water partition coefficient (Wildman–Crippen LogP) is 3.12. The van der Waals surface area contributed by atoms with E-state index < -0.39 is 0 Å². The number of aromatic nitrogens is 6. The minimum absolute atomic E-state index is 0.451. The molecule has 1 aromatic carbocycles. The summed E-state index contributed by atoms with van der Waals surface area (Å²) >= 11 is 4.86. The molecule has 0 atom stereocenters. The molecule has 0 bridgehead atoms. The lowest BCUT2D eigenvalue weighted by atomic mass is 10.2. The minimum Gasteiger partial charge on any atom is -0.411 e. The normalized spacial score (nSPS) is 11.3. The molecule has 120 valence electrons. The first-order valence-electron chi connectivity index (χ1n) is 7.12. The average Bonchev–Trinajstić information content (AvgIpc) is 3.14. The van der Waals surface area contributed by atoms with Crippen LogP contribution >= 0.6 is 27.7 Å². The van der Waals surface area contributed by atoms with E-state index in [1.807, 2.05) is 44.2 Å². The molecule has 0 amide bonds. The number of H-pyrrole nitrogens is 1. The van der Waals surface area contributed by atoms with Crippen molar-refractivity contribution in [1.82, 2.24) is 25.3 Å². The van der Waals surface area contributed by atoms with E-state index in [0.717, 1.165) is 26.6 Å². The summed E-state index contributed by atoms with van der Waals surface area (Å²) in [6, 6.07) is 9.67. The third kappa shape index (κ3) is 2.80. The van der Waals surface area contributed by atoms with Gasteiger partial charge in [-0.2, -0.15) is 0 Å². The molecule has 0 saturated heterocycles. The van der Waals surface area contributed by atoms with Crippen LogP contribution in [0.3, 0.4) is 0 Å². The summed E-state index contributed by atoms with van der Waals surface area (Å²) in [6.07, 6.45) is 0. The molecule has 7 nitrogen and oxygen atoms in total. The van der Waals surface area contributed by atoms with Crippen LogP contribution in [0.25, 0.3) is 17.2 Å². The SMILES string of the molecule is Cc1cc(Sc2nnc(-c3ccccc3Br)o2)[n+]2[nH]c(C)nc2n1. The second-order valence-corrected chi connectivity index (χ2v) is 6.96. The van der Waals surface area contributed by atoms with Crippen LogP contribution in [-0.4, -0.2) is 25.3 Å². The van der Waals surface area contributed by atoms with Crippen LogP contribution in [0.4, 0.5) is 0 Å². The van der Waals surface area contributed by atoms with Gasteiger partial charge in [0.2, 0.25) is 11.7 Å². The van der Waals surface area contributed by atoms with Gasteiger partial charge in [0.25, 0.3) is 5.22 Å². The van der Waals surface area contributed by atoms with E-state index in [1.54, 1.807) is 4.52 Å². The van der Waals surface area contributed by atoms with E-state index in [0.29, 0.717) is 16.9 Å². The highest BCUT2D eigenvalue weighted by atomic mass is 79.9. The first-order chi connectivity index (χ1) is 11.6. The number of hydrogen-bond donors (Lipinski definition) is 1. The van der Waals surface area contributed by atoms with E-state index in [4.69, 9.17) is 4.42 Å². The highest BCUT2D eigenvalue weighted by Gasteiger charge is 2.20. The maximum Gasteiger partial charge on any atom is 0.458 e. The second-order valence-electron chi connectivity index (χ2n) is 5.14. The number of hydrogen-bond acceptors (Lipinski definition) is 6. The molecule has 0 aliphatic rings. The van der Waals surface area contributed by atoms with Gasteiger partial charge in [0.1, 0.15) is 5.69 Å². The van der Waals surface area contributed by atoms with Gasteiger partial charge >= 0.3 is 5.78 Å². The Kier molecular flexibility index (Phi) is 3.81. The smallest absolute Gasteiger partial charge is 0.411 e. The summed E-state index contributed by atoms with van der Waals surface area (Å²) in [5.41, 5.74) is 1.73. The standard InChI is InChI=1S/C15H11BrN6OS/c1-8-7-12(22-14(17-8)18-9(2)21-22)24-15-20-19-13(23-15)10-5-3-4-6-11(10)16/h3-7H,1-2H3/p+1. The molecule has 1 N–H and O–H groups in total. The van der Waals surface area contributed by atoms with Crippen LogP contribution in [0.1, 0.15) is 11.5 Å². The molecule has 0 saturated carbocycles. The van der Waals surface area contributed by atoms with Crippen molar-refractivity contribution >= 4 is 33.5 Å². The molecular formula is C15H12BrN6OS+. The van der Waals surface area contributed by atoms with Gasteiger partial charge < -0.3 is 4.42 Å². The number of benzene rings is 1. The Bertz CT molecular complexity index is 1040. The van der Waals surface area contributed by atoms with E-state index in [-0.39, 0.29) is 0 Å². The lowest BCUT2D eigenvalue weighted by molar-refractivity contribution is -0.620. The zero-order valence-electron chi connectivity index (χ0n) is 12.8. The fraction of sp³-hybridized carbons (Fsp3) is 0.133. The molecule has 3 aromatic heterocycles. The lowest BCUT2D eigenvalue weighted by Gasteiger charge is -1.98. The van der Waals surface area contributed by atoms with Crippen molar-refractivity contribution in [3.05, 3.63) is 46.3 Å². The third-order valence-electron chi connectivity index (χ3n) is 3.27. The minimum atomic E-state index is 0.451. The van der Waals surface area contributed by atoms with Gasteiger partial charge in [-0.3, -0.25) is 0 Å². The van der Waals surface area contributed by atoms with E-state index >= 15 is 0 Å². The summed E-state index contributed by atoms with van der Waals surface area (Å²) in [5, 5.41) is 12.7. The Morgan fingerprint density at radius 3 is 2.83 bits per heavy atom. The van der Waals surface area contributed by atoms with Crippen LogP contribution < -0.4 is 4.52 Å². The van der Waals surface area contributed by atoms with Gasteiger partial charge in [0.15, 0.2) is 5.03 Å². The van der Waals surface area contributed by atoms with E-state index in [1.165, 1.54) is 11.8 Å². The molecule has 0 radical (unpaired) electrons. The number of nitrogens with one attached hydrogen (secondary N) is 1. The Hall–Kier alpha value is -2.26. The van der Waals surface area contributed by atoms with E-state index in [2.05, 4.69) is 41.2 Å². The Morgan fingerprint density at radius 2 is 2.00 bits per heavy atom. The maximum absolute atomic E-state index is 5.79. The zero-order chi connectivity index (χ0) is 16.7. The van der Waals surface area contributed by atoms with Gasteiger partial charge in [-0.05, 0) is 35.0 Å². The monoisotopic (exact) mass is 403 g/mol. The highest BCUT2D eigenvalue weighted by molar-refractivity contribution is 9.10. The number of nitrogens with zero attached hydrogens (tertiary/aromatic N) is 5. The summed E-state index contributed by atoms with van der Waals surface area (Å²) in [7, 11) is 0. The molecule has 3 heterocycles. The van der Waals surface area contributed by atoms with Crippen molar-refractivity contribution in [2.45, 2.75) is 24.1 Å². The first-order valence-corrected chi connectivity index (χ1v) is 8.73. The maximum atomic E-state index is 5.79. The molecule has 4 rings (SSSR count). The summed E-state index contributed by atoms with van der Waals surface area (Å²) in [4.78, 5) is 8.75. The summed E-state index contributed by atoms with van der Waals surface area (Å²) in [5.74, 6) is 1.87. The van der Waals surface area contributed by atoms with Crippen molar-refractivity contribution in [3.8, 4) is 11.5 Å². The van der Waals surface area contributed by atoms with Crippen molar-refractivity contribution < 1.29 is 8.93 Å². The predicted molar refractivity (Wildman–Crippen MR) is 90.6 cm³/mol. The molecular weight excluding hydrogens is 392 g/mol. The van der Waals surface area contributed by atoms with Crippen molar-refractivity contribution in [2.24, 2.45) is 0 Å². The Labute approximate surface area is 149 Å². The number of rotatable bonds is 3. The van der Waals surface area contributed by atoms with E-state index in [9.17, 15) is 0 Å². The summed E-state index contributed by atoms with van der Waals surface area (Å²) < 4.78 is 8.50. The van der Waals surface area contributed by atoms with Gasteiger partial charge in [0, 0.05) is 29.2 Å². The second kappa shape index (κ2) is 5.99. The first kappa shape index (κ1) is 15.3. The fourth-order valence-electron chi connectivity index (χ4n) is 2.26. The Balaban J connectivity index is 1.71. The average molecular weight is 404 g/mol. The van der Waals surface area contributed by atoms with Crippen LogP contribution in [-0.2, 0) is 0 Å². The molecule has 0 unspecified atom stereocenters. The number of fused-ring (bicyclic) bond motifs is 1. The Morgan fingerprint density at radius 1 is 1.17 bits per heavy atom. The molecule has 0 fully saturated rings. The number of aromatic amines is 1. The lowest BCUT2D eigenvalue weighted by Crippen LogP contribution is -2.27.